The Morgan fingerprint density at radius 1 is 0.478 bits per heavy atom. The van der Waals surface area contributed by atoms with E-state index >= 15 is 0 Å². The number of carbonyl (C=O) groups is 2. The van der Waals surface area contributed by atoms with Crippen molar-refractivity contribution in [2.24, 2.45) is 5.73 Å². The van der Waals surface area contributed by atoms with Crippen molar-refractivity contribution in [2.45, 2.75) is 180 Å². The molecule has 0 rings (SSSR count). The summed E-state index contributed by atoms with van der Waals surface area (Å²) in [6.45, 7) is 3.53. The van der Waals surface area contributed by atoms with E-state index < -0.39 is 45.1 Å². The SMILES string of the molecule is CC/C=C\C/C=C\C/C=C\C/C=C\C/C=C\C/C=C\CCCCCOCC(COP(=O)(O)OCC(N)C(=O)O)OC(=O)CCCCCCCCC/C=C\C/C=C\C/C=C\C/C=C\C/C=C\CC. The summed E-state index contributed by atoms with van der Waals surface area (Å²) < 4.78 is 33.5. The lowest BCUT2D eigenvalue weighted by molar-refractivity contribution is -0.154. The van der Waals surface area contributed by atoms with E-state index in [0.717, 1.165) is 128 Å². The summed E-state index contributed by atoms with van der Waals surface area (Å²) in [5.41, 5.74) is 5.37. The molecule has 0 bridgehead atoms. The van der Waals surface area contributed by atoms with Gasteiger partial charge in [0, 0.05) is 13.0 Å². The van der Waals surface area contributed by atoms with Crippen LogP contribution in [-0.2, 0) is 32.7 Å². The summed E-state index contributed by atoms with van der Waals surface area (Å²) in [5, 5.41) is 8.93. The molecule has 11 heteroatoms. The van der Waals surface area contributed by atoms with E-state index in [2.05, 4.69) is 148 Å². The van der Waals surface area contributed by atoms with Gasteiger partial charge >= 0.3 is 19.8 Å². The number of carboxylic acid groups (broad SMARTS) is 1. The molecule has 0 saturated carbocycles. The van der Waals surface area contributed by atoms with Gasteiger partial charge in [-0.1, -0.05) is 186 Å². The lowest BCUT2D eigenvalue weighted by atomic mass is 10.1. The van der Waals surface area contributed by atoms with Crippen LogP contribution in [-0.4, -0.2) is 60.5 Å². The Labute approximate surface area is 406 Å². The molecule has 67 heavy (non-hydrogen) atoms. The maximum absolute atomic E-state index is 12.7. The maximum Gasteiger partial charge on any atom is 0.472 e. The second-order valence-electron chi connectivity index (χ2n) is 16.2. The maximum atomic E-state index is 12.7. The van der Waals surface area contributed by atoms with Crippen LogP contribution in [0.1, 0.15) is 168 Å². The monoisotopic (exact) mass is 952 g/mol. The van der Waals surface area contributed by atoms with Gasteiger partial charge in [0.05, 0.1) is 19.8 Å². The predicted molar refractivity (Wildman–Crippen MR) is 281 cm³/mol. The Morgan fingerprint density at radius 2 is 0.821 bits per heavy atom. The van der Waals surface area contributed by atoms with Gasteiger partial charge in [-0.25, -0.2) is 4.57 Å². The largest absolute Gasteiger partial charge is 0.480 e. The fourth-order valence-electron chi connectivity index (χ4n) is 6.10. The quantitative estimate of drug-likeness (QED) is 0.0232. The fourth-order valence-corrected chi connectivity index (χ4v) is 6.88. The second kappa shape index (κ2) is 50.0. The molecule has 0 aromatic carbocycles. The van der Waals surface area contributed by atoms with Crippen LogP contribution in [0.25, 0.3) is 0 Å². The number of esters is 1. The number of carbonyl (C=O) groups excluding carboxylic acids is 1. The summed E-state index contributed by atoms with van der Waals surface area (Å²) >= 11 is 0. The van der Waals surface area contributed by atoms with E-state index in [-0.39, 0.29) is 13.0 Å². The van der Waals surface area contributed by atoms with Crippen LogP contribution >= 0.6 is 7.82 Å². The lowest BCUT2D eigenvalue weighted by Crippen LogP contribution is -2.34. The molecular weight excluding hydrogens is 862 g/mol. The molecule has 3 unspecified atom stereocenters. The first kappa shape index (κ1) is 63.1. The molecule has 10 nitrogen and oxygen atoms in total. The van der Waals surface area contributed by atoms with Crippen molar-refractivity contribution in [3.8, 4) is 0 Å². The number of hydrogen-bond acceptors (Lipinski definition) is 8. The third-order valence-corrected chi connectivity index (χ3v) is 10.9. The normalized spacial score (nSPS) is 14.8. The minimum absolute atomic E-state index is 0.0207. The molecule has 0 heterocycles. The number of ether oxygens (including phenoxy) is 2. The summed E-state index contributed by atoms with van der Waals surface area (Å²) in [5.74, 6) is -1.82. The summed E-state index contributed by atoms with van der Waals surface area (Å²) in [6, 6.07) is -1.49. The zero-order valence-corrected chi connectivity index (χ0v) is 42.3. The molecule has 0 spiro atoms. The average Bonchev–Trinajstić information content (AvgIpc) is 3.31. The van der Waals surface area contributed by atoms with Gasteiger partial charge in [0.1, 0.15) is 12.1 Å². The Hall–Kier alpha value is -3.89. The lowest BCUT2D eigenvalue weighted by Gasteiger charge is -2.20. The number of rotatable bonds is 46. The van der Waals surface area contributed by atoms with Gasteiger partial charge in [-0.2, -0.15) is 0 Å². The van der Waals surface area contributed by atoms with E-state index in [4.69, 9.17) is 29.4 Å². The van der Waals surface area contributed by atoms with Crippen LogP contribution in [0, 0.1) is 0 Å². The van der Waals surface area contributed by atoms with E-state index in [1.54, 1.807) is 0 Å². The molecule has 378 valence electrons. The van der Waals surface area contributed by atoms with Crippen LogP contribution in [0.15, 0.2) is 134 Å². The Kier molecular flexibility index (Phi) is 47.1. The van der Waals surface area contributed by atoms with Gasteiger partial charge in [0.15, 0.2) is 0 Å². The molecule has 0 aliphatic heterocycles. The first-order valence-corrected chi connectivity index (χ1v) is 26.7. The van der Waals surface area contributed by atoms with Crippen molar-refractivity contribution in [1.29, 1.82) is 0 Å². The molecule has 0 amide bonds. The van der Waals surface area contributed by atoms with Crippen molar-refractivity contribution < 1.29 is 42.7 Å². The summed E-state index contributed by atoms with van der Waals surface area (Å²) in [4.78, 5) is 33.7. The third kappa shape index (κ3) is 49.8. The van der Waals surface area contributed by atoms with Crippen molar-refractivity contribution in [3.05, 3.63) is 134 Å². The molecule has 0 aromatic rings. The van der Waals surface area contributed by atoms with Gasteiger partial charge in [0.25, 0.3) is 0 Å². The van der Waals surface area contributed by atoms with Crippen LogP contribution in [0.5, 0.6) is 0 Å². The molecule has 0 radical (unpaired) electrons. The molecule has 4 N–H and O–H groups in total. The Morgan fingerprint density at radius 3 is 1.22 bits per heavy atom. The first-order valence-electron chi connectivity index (χ1n) is 25.2. The Balaban J connectivity index is 4.30. The molecule has 0 saturated heterocycles. The topological polar surface area (TPSA) is 155 Å². The van der Waals surface area contributed by atoms with Gasteiger partial charge < -0.3 is 25.2 Å². The molecule has 3 atom stereocenters. The zero-order valence-electron chi connectivity index (χ0n) is 41.4. The number of aliphatic carboxylic acids is 1. The first-order chi connectivity index (χ1) is 32.7. The van der Waals surface area contributed by atoms with Crippen LogP contribution in [0.3, 0.4) is 0 Å². The highest BCUT2D eigenvalue weighted by Crippen LogP contribution is 2.43. The van der Waals surface area contributed by atoms with E-state index in [1.165, 1.54) is 12.8 Å². The molecule has 0 aromatic heterocycles. The van der Waals surface area contributed by atoms with Crippen LogP contribution < -0.4 is 5.73 Å². The van der Waals surface area contributed by atoms with Gasteiger partial charge in [-0.05, 0) is 109 Å². The molecule has 0 aliphatic rings. The second-order valence-corrected chi connectivity index (χ2v) is 17.6. The van der Waals surface area contributed by atoms with Crippen molar-refractivity contribution in [3.63, 3.8) is 0 Å². The van der Waals surface area contributed by atoms with Crippen LogP contribution in [0.4, 0.5) is 0 Å². The number of phosphoric ester groups is 1. The van der Waals surface area contributed by atoms with Crippen LogP contribution in [0.2, 0.25) is 0 Å². The third-order valence-electron chi connectivity index (χ3n) is 9.93. The average molecular weight is 952 g/mol. The molecular formula is C56H90NO9P. The minimum Gasteiger partial charge on any atom is -0.480 e. The number of nitrogens with two attached hydrogens (primary N) is 1. The number of carboxylic acids is 1. The summed E-state index contributed by atoms with van der Waals surface area (Å²) in [7, 11) is -4.65. The number of hydrogen-bond donors (Lipinski definition) is 3. The predicted octanol–water partition coefficient (Wildman–Crippen LogP) is 15.0. The number of unbranched alkanes of at least 4 members (excludes halogenated alkanes) is 10. The highest BCUT2D eigenvalue weighted by molar-refractivity contribution is 7.47. The highest BCUT2D eigenvalue weighted by atomic mass is 31.2. The van der Waals surface area contributed by atoms with Crippen molar-refractivity contribution in [1.82, 2.24) is 0 Å². The van der Waals surface area contributed by atoms with Gasteiger partial charge in [-0.15, -0.1) is 0 Å². The fraction of sp³-hybridized carbons (Fsp3) is 0.571. The van der Waals surface area contributed by atoms with E-state index in [0.29, 0.717) is 13.0 Å². The zero-order chi connectivity index (χ0) is 49.0. The highest BCUT2D eigenvalue weighted by Gasteiger charge is 2.27. The molecule has 0 aliphatic carbocycles. The summed E-state index contributed by atoms with van der Waals surface area (Å²) in [6.07, 6.45) is 70.8. The number of phosphoric acid groups is 1. The standard InChI is InChI=1S/C56H90NO9P/c1-3-5-7-9-11-13-15-17-19-21-23-25-27-28-30-32-34-36-38-40-42-44-46-48-55(58)66-53(51-64-67(61,62)65-52-54(57)56(59)60)50-63-49-47-45-43-41-39-37-35-33-31-29-26-24-22-20-18-16-14-12-10-8-6-4-2/h5-8,11-14,17-20,23-26,28,30-31,33,37,39,53-54H,3-4,9-10,15-16,21-22,27,29,32,34-36,38,40-52,57H2,1-2H3,(H,59,60)(H,61,62)/b7-5-,8-6-,13-11-,14-12-,19-17-,20-18-,25-23-,26-24-,30-28-,33-31-,39-37-. The smallest absolute Gasteiger partial charge is 0.472 e. The number of allylic oxidation sites excluding steroid dienone is 22. The van der Waals surface area contributed by atoms with Gasteiger partial charge in [0.2, 0.25) is 0 Å². The van der Waals surface area contributed by atoms with Crippen molar-refractivity contribution in [2.75, 3.05) is 26.4 Å². The minimum atomic E-state index is -4.65. The van der Waals surface area contributed by atoms with Crippen molar-refractivity contribution >= 4 is 19.8 Å². The van der Waals surface area contributed by atoms with E-state index in [9.17, 15) is 19.0 Å². The van der Waals surface area contributed by atoms with E-state index in [1.807, 2.05) is 0 Å². The van der Waals surface area contributed by atoms with Gasteiger partial charge in [-0.3, -0.25) is 18.6 Å². The Bertz CT molecular complexity index is 1570. The molecule has 0 fully saturated rings.